The Hall–Kier alpha value is -2.04. The predicted octanol–water partition coefficient (Wildman–Crippen LogP) is 9.24. The first-order valence-electron chi connectivity index (χ1n) is 13.9. The minimum absolute atomic E-state index is 0.0477. The van der Waals surface area contributed by atoms with Crippen LogP contribution in [0.5, 0.6) is 5.75 Å². The number of halogens is 2. The van der Waals surface area contributed by atoms with Crippen molar-refractivity contribution in [2.75, 3.05) is 6.61 Å². The Kier molecular flexibility index (Phi) is 15.2. The lowest BCUT2D eigenvalue weighted by Gasteiger charge is -2.12. The Morgan fingerprint density at radius 2 is 1.29 bits per heavy atom. The fourth-order valence-electron chi connectivity index (χ4n) is 4.24. The van der Waals surface area contributed by atoms with E-state index in [0.717, 1.165) is 24.8 Å². The molecule has 2 atom stereocenters. The van der Waals surface area contributed by atoms with Gasteiger partial charge in [-0.25, -0.2) is 18.7 Å². The smallest absolute Gasteiger partial charge is 0.159 e. The highest BCUT2D eigenvalue weighted by Gasteiger charge is 2.15. The molecule has 1 aromatic heterocycles. The van der Waals surface area contributed by atoms with Crippen LogP contribution < -0.4 is 4.74 Å². The minimum Gasteiger partial charge on any atom is -0.490 e. The third kappa shape index (κ3) is 13.0. The van der Waals surface area contributed by atoms with Gasteiger partial charge in [0.05, 0.1) is 19.0 Å². The number of unbranched alkanes of at least 4 members (excludes halogenated alkanes) is 9. The van der Waals surface area contributed by atoms with E-state index in [1.807, 2.05) is 6.92 Å². The molecule has 0 amide bonds. The number of aromatic nitrogens is 2. The Bertz CT molecular complexity index is 767. The van der Waals surface area contributed by atoms with Crippen LogP contribution in [0.2, 0.25) is 0 Å². The van der Waals surface area contributed by atoms with Gasteiger partial charge in [-0.05, 0) is 24.8 Å². The summed E-state index contributed by atoms with van der Waals surface area (Å²) in [6.07, 6.45) is 16.5. The van der Waals surface area contributed by atoms with Crippen LogP contribution in [0.4, 0.5) is 8.78 Å². The maximum Gasteiger partial charge on any atom is 0.159 e. The Morgan fingerprint density at radius 3 is 1.91 bits per heavy atom. The molecule has 0 saturated heterocycles. The van der Waals surface area contributed by atoms with Gasteiger partial charge in [0.1, 0.15) is 12.3 Å². The van der Waals surface area contributed by atoms with Crippen molar-refractivity contribution in [2.45, 2.75) is 123 Å². The summed E-state index contributed by atoms with van der Waals surface area (Å²) in [5, 5.41) is 0. The van der Waals surface area contributed by atoms with Crippen LogP contribution in [-0.4, -0.2) is 28.9 Å². The molecule has 0 saturated carbocycles. The summed E-state index contributed by atoms with van der Waals surface area (Å²) in [6.45, 7) is 4.46. The number of hydrogen-bond acceptors (Lipinski definition) is 3. The van der Waals surface area contributed by atoms with Gasteiger partial charge in [0, 0.05) is 18.4 Å². The molecule has 2 unspecified atom stereocenters. The maximum absolute atomic E-state index is 13.9. The molecule has 0 aliphatic heterocycles. The second-order valence-corrected chi connectivity index (χ2v) is 9.73. The van der Waals surface area contributed by atoms with Crippen molar-refractivity contribution in [3.63, 3.8) is 0 Å². The molecule has 3 nitrogen and oxygen atoms in total. The first-order chi connectivity index (χ1) is 17.1. The third-order valence-electron chi connectivity index (χ3n) is 6.49. The maximum atomic E-state index is 13.9. The normalized spacial score (nSPS) is 13.0. The van der Waals surface area contributed by atoms with Crippen molar-refractivity contribution in [1.82, 2.24) is 9.97 Å². The van der Waals surface area contributed by atoms with Gasteiger partial charge in [0.2, 0.25) is 0 Å². The standard InChI is InChI=1S/C30H46F2N2O/c1-3-5-7-8-9-10-11-12-13-14-25-16-18-26(19-17-25)30-33-23-29(24-34-30)35-21-20-28(32)22-27(31)15-6-4-2/h16-19,23-24,27-28H,3-15,20-22H2,1-2H3. The van der Waals surface area contributed by atoms with Crippen molar-refractivity contribution in [2.24, 2.45) is 0 Å². The quantitative estimate of drug-likeness (QED) is 0.174. The largest absolute Gasteiger partial charge is 0.490 e. The summed E-state index contributed by atoms with van der Waals surface area (Å²) < 4.78 is 33.2. The molecule has 0 aliphatic rings. The highest BCUT2D eigenvalue weighted by molar-refractivity contribution is 5.55. The van der Waals surface area contributed by atoms with Gasteiger partial charge in [-0.15, -0.1) is 0 Å². The van der Waals surface area contributed by atoms with E-state index >= 15 is 0 Å². The van der Waals surface area contributed by atoms with Gasteiger partial charge in [-0.3, -0.25) is 0 Å². The summed E-state index contributed by atoms with van der Waals surface area (Å²) in [6, 6.07) is 8.46. The van der Waals surface area contributed by atoms with Crippen molar-refractivity contribution in [3.05, 3.63) is 42.2 Å². The molecule has 35 heavy (non-hydrogen) atoms. The highest BCUT2D eigenvalue weighted by atomic mass is 19.1. The zero-order valence-corrected chi connectivity index (χ0v) is 22.0. The van der Waals surface area contributed by atoms with E-state index in [-0.39, 0.29) is 19.4 Å². The minimum atomic E-state index is -1.18. The molecule has 5 heteroatoms. The number of benzene rings is 1. The second kappa shape index (κ2) is 18.3. The second-order valence-electron chi connectivity index (χ2n) is 9.73. The van der Waals surface area contributed by atoms with Gasteiger partial charge >= 0.3 is 0 Å². The zero-order chi connectivity index (χ0) is 25.1. The van der Waals surface area contributed by atoms with Crippen molar-refractivity contribution in [3.8, 4) is 17.1 Å². The van der Waals surface area contributed by atoms with E-state index in [2.05, 4.69) is 41.2 Å². The SMILES string of the molecule is CCCCCCCCCCCc1ccc(-c2ncc(OCCC(F)CC(F)CCCC)cn2)cc1. The summed E-state index contributed by atoms with van der Waals surface area (Å²) in [7, 11) is 0. The van der Waals surface area contributed by atoms with Crippen LogP contribution >= 0.6 is 0 Å². The number of nitrogens with zero attached hydrogens (tertiary/aromatic N) is 2. The van der Waals surface area contributed by atoms with Crippen LogP contribution in [-0.2, 0) is 6.42 Å². The summed E-state index contributed by atoms with van der Waals surface area (Å²) in [4.78, 5) is 8.78. The number of aryl methyl sites for hydroxylation is 1. The highest BCUT2D eigenvalue weighted by Crippen LogP contribution is 2.20. The predicted molar refractivity (Wildman–Crippen MR) is 142 cm³/mol. The molecule has 2 rings (SSSR count). The lowest BCUT2D eigenvalue weighted by Crippen LogP contribution is -2.14. The van der Waals surface area contributed by atoms with Crippen molar-refractivity contribution in [1.29, 1.82) is 0 Å². The molecule has 1 heterocycles. The van der Waals surface area contributed by atoms with E-state index in [0.29, 0.717) is 18.0 Å². The zero-order valence-electron chi connectivity index (χ0n) is 22.0. The molecule has 0 radical (unpaired) electrons. The Balaban J connectivity index is 1.64. The van der Waals surface area contributed by atoms with Gasteiger partial charge in [0.15, 0.2) is 11.6 Å². The first kappa shape index (κ1) is 29.2. The molecule has 1 aromatic carbocycles. The Labute approximate surface area is 212 Å². The first-order valence-corrected chi connectivity index (χ1v) is 13.9. The van der Waals surface area contributed by atoms with Crippen LogP contribution in [0, 0.1) is 0 Å². The summed E-state index contributed by atoms with van der Waals surface area (Å²) in [5.74, 6) is 1.15. The van der Waals surface area contributed by atoms with Crippen LogP contribution in [0.1, 0.15) is 109 Å². The van der Waals surface area contributed by atoms with Crippen LogP contribution in [0.15, 0.2) is 36.7 Å². The molecular formula is C30H46F2N2O. The molecule has 0 fully saturated rings. The van der Waals surface area contributed by atoms with Gasteiger partial charge in [0.25, 0.3) is 0 Å². The summed E-state index contributed by atoms with van der Waals surface area (Å²) in [5.41, 5.74) is 2.32. The van der Waals surface area contributed by atoms with E-state index in [4.69, 9.17) is 4.74 Å². The molecule has 196 valence electrons. The number of alkyl halides is 2. The number of rotatable bonds is 20. The Morgan fingerprint density at radius 1 is 0.714 bits per heavy atom. The fourth-order valence-corrected chi connectivity index (χ4v) is 4.24. The van der Waals surface area contributed by atoms with E-state index in [1.165, 1.54) is 63.4 Å². The lowest BCUT2D eigenvalue weighted by molar-refractivity contribution is 0.175. The van der Waals surface area contributed by atoms with E-state index in [1.54, 1.807) is 12.4 Å². The molecule has 0 spiro atoms. The molecule has 0 bridgehead atoms. The van der Waals surface area contributed by atoms with E-state index in [9.17, 15) is 8.78 Å². The monoisotopic (exact) mass is 488 g/mol. The van der Waals surface area contributed by atoms with Gasteiger partial charge in [-0.1, -0.05) is 102 Å². The average Bonchev–Trinajstić information content (AvgIpc) is 2.87. The van der Waals surface area contributed by atoms with Gasteiger partial charge in [-0.2, -0.15) is 0 Å². The third-order valence-corrected chi connectivity index (χ3v) is 6.49. The summed E-state index contributed by atoms with van der Waals surface area (Å²) >= 11 is 0. The van der Waals surface area contributed by atoms with E-state index < -0.39 is 12.3 Å². The molecule has 0 N–H and O–H groups in total. The lowest BCUT2D eigenvalue weighted by atomic mass is 10.0. The van der Waals surface area contributed by atoms with Gasteiger partial charge < -0.3 is 4.74 Å². The number of ether oxygens (including phenoxy) is 1. The fraction of sp³-hybridized carbons (Fsp3) is 0.667. The average molecular weight is 489 g/mol. The molecule has 0 aliphatic carbocycles. The topological polar surface area (TPSA) is 35.0 Å². The van der Waals surface area contributed by atoms with Crippen LogP contribution in [0.3, 0.4) is 0 Å². The van der Waals surface area contributed by atoms with Crippen molar-refractivity contribution < 1.29 is 13.5 Å². The van der Waals surface area contributed by atoms with Crippen LogP contribution in [0.25, 0.3) is 11.4 Å². The van der Waals surface area contributed by atoms with Crippen molar-refractivity contribution >= 4 is 0 Å². The molecular weight excluding hydrogens is 442 g/mol. The molecule has 2 aromatic rings. The number of hydrogen-bond donors (Lipinski definition) is 0.